The summed E-state index contributed by atoms with van der Waals surface area (Å²) in [5, 5.41) is 10.1. The molecule has 5 nitrogen and oxygen atoms in total. The smallest absolute Gasteiger partial charge is 0.160 e. The molecule has 1 N–H and O–H groups in total. The summed E-state index contributed by atoms with van der Waals surface area (Å²) in [5.74, 6) is 2.19. The van der Waals surface area contributed by atoms with Crippen LogP contribution in [0, 0.1) is 0 Å². The van der Waals surface area contributed by atoms with Gasteiger partial charge in [0, 0.05) is 12.8 Å². The van der Waals surface area contributed by atoms with Gasteiger partial charge in [0.2, 0.25) is 0 Å². The number of benzene rings is 2. The molecule has 1 atom stereocenters. The SMILES string of the molecule is COc1ccc(CCC(O)CC(=O)CCc2ccc(OC)c(OC)c2)cc1. The normalized spacial score (nSPS) is 11.7. The van der Waals surface area contributed by atoms with E-state index in [0.717, 1.165) is 23.3 Å². The monoisotopic (exact) mass is 372 g/mol. The predicted molar refractivity (Wildman–Crippen MR) is 105 cm³/mol. The lowest BCUT2D eigenvalue weighted by molar-refractivity contribution is -0.120. The van der Waals surface area contributed by atoms with Crippen molar-refractivity contribution in [1.29, 1.82) is 0 Å². The average molecular weight is 372 g/mol. The molecule has 0 amide bonds. The number of carbonyl (C=O) groups excluding carboxylic acids is 1. The minimum Gasteiger partial charge on any atom is -0.497 e. The van der Waals surface area contributed by atoms with E-state index in [2.05, 4.69) is 0 Å². The number of hydrogen-bond donors (Lipinski definition) is 1. The summed E-state index contributed by atoms with van der Waals surface area (Å²) in [4.78, 5) is 12.2. The largest absolute Gasteiger partial charge is 0.497 e. The van der Waals surface area contributed by atoms with E-state index in [1.165, 1.54) is 0 Å². The number of methoxy groups -OCH3 is 3. The van der Waals surface area contributed by atoms with Gasteiger partial charge < -0.3 is 19.3 Å². The minimum atomic E-state index is -0.620. The Morgan fingerprint density at radius 1 is 0.889 bits per heavy atom. The molecule has 0 fully saturated rings. The molecule has 0 spiro atoms. The summed E-state index contributed by atoms with van der Waals surface area (Å²) in [5.41, 5.74) is 2.13. The van der Waals surface area contributed by atoms with Crippen LogP contribution >= 0.6 is 0 Å². The molecule has 2 aromatic rings. The number of ketones is 1. The number of aliphatic hydroxyl groups is 1. The van der Waals surface area contributed by atoms with Gasteiger partial charge in [-0.25, -0.2) is 0 Å². The third-order valence-corrected chi connectivity index (χ3v) is 4.53. The van der Waals surface area contributed by atoms with E-state index >= 15 is 0 Å². The summed E-state index contributed by atoms with van der Waals surface area (Å²) in [6.45, 7) is 0. The van der Waals surface area contributed by atoms with Crippen molar-refractivity contribution in [2.45, 2.75) is 38.2 Å². The van der Waals surface area contributed by atoms with Crippen LogP contribution in [-0.2, 0) is 17.6 Å². The Balaban J connectivity index is 1.75. The molecule has 5 heteroatoms. The van der Waals surface area contributed by atoms with Crippen LogP contribution in [0.4, 0.5) is 0 Å². The third-order valence-electron chi connectivity index (χ3n) is 4.53. The molecule has 27 heavy (non-hydrogen) atoms. The molecule has 0 bridgehead atoms. The lowest BCUT2D eigenvalue weighted by Crippen LogP contribution is -2.15. The standard InChI is InChI=1S/C22H28O5/c1-25-20-11-6-16(7-12-20)4-9-18(23)15-19(24)10-5-17-8-13-21(26-2)22(14-17)27-3/h6-8,11-14,18,23H,4-5,9-10,15H2,1-3H3. The summed E-state index contributed by atoms with van der Waals surface area (Å²) >= 11 is 0. The highest BCUT2D eigenvalue weighted by atomic mass is 16.5. The van der Waals surface area contributed by atoms with Crippen molar-refractivity contribution in [2.75, 3.05) is 21.3 Å². The van der Waals surface area contributed by atoms with Gasteiger partial charge in [0.15, 0.2) is 11.5 Å². The Kier molecular flexibility index (Phi) is 8.14. The van der Waals surface area contributed by atoms with Crippen molar-refractivity contribution >= 4 is 5.78 Å². The molecule has 2 rings (SSSR count). The summed E-state index contributed by atoms with van der Waals surface area (Å²) in [6, 6.07) is 13.4. The van der Waals surface area contributed by atoms with Crippen molar-refractivity contribution in [3.63, 3.8) is 0 Å². The molecule has 0 aliphatic heterocycles. The number of aryl methyl sites for hydroxylation is 2. The van der Waals surface area contributed by atoms with Gasteiger partial charge in [0.25, 0.3) is 0 Å². The van der Waals surface area contributed by atoms with E-state index in [1.54, 1.807) is 21.3 Å². The fourth-order valence-corrected chi connectivity index (χ4v) is 2.91. The maximum Gasteiger partial charge on any atom is 0.160 e. The van der Waals surface area contributed by atoms with E-state index in [9.17, 15) is 9.90 Å². The predicted octanol–water partition coefficient (Wildman–Crippen LogP) is 3.60. The van der Waals surface area contributed by atoms with Crippen molar-refractivity contribution in [3.8, 4) is 17.2 Å². The first-order chi connectivity index (χ1) is 13.0. The number of aliphatic hydroxyl groups excluding tert-OH is 1. The van der Waals surface area contributed by atoms with Gasteiger partial charge in [0.05, 0.1) is 27.4 Å². The molecule has 0 aliphatic carbocycles. The number of hydrogen-bond acceptors (Lipinski definition) is 5. The van der Waals surface area contributed by atoms with Crippen LogP contribution < -0.4 is 14.2 Å². The first-order valence-electron chi connectivity index (χ1n) is 9.09. The van der Waals surface area contributed by atoms with Gasteiger partial charge in [-0.1, -0.05) is 18.2 Å². The molecule has 0 aliphatic rings. The van der Waals surface area contributed by atoms with E-state index in [0.29, 0.717) is 30.8 Å². The van der Waals surface area contributed by atoms with Crippen LogP contribution in [0.2, 0.25) is 0 Å². The van der Waals surface area contributed by atoms with Crippen LogP contribution in [0.25, 0.3) is 0 Å². The Labute approximate surface area is 160 Å². The average Bonchev–Trinajstić information content (AvgIpc) is 2.70. The van der Waals surface area contributed by atoms with Gasteiger partial charge in [0.1, 0.15) is 11.5 Å². The Morgan fingerprint density at radius 3 is 2.19 bits per heavy atom. The molecular weight excluding hydrogens is 344 g/mol. The van der Waals surface area contributed by atoms with Gasteiger partial charge in [-0.05, 0) is 54.7 Å². The number of carbonyl (C=O) groups is 1. The molecule has 0 aromatic heterocycles. The van der Waals surface area contributed by atoms with Crippen LogP contribution in [-0.4, -0.2) is 38.3 Å². The third kappa shape index (κ3) is 6.61. The first-order valence-corrected chi connectivity index (χ1v) is 9.09. The highest BCUT2D eigenvalue weighted by molar-refractivity contribution is 5.79. The molecule has 0 saturated heterocycles. The number of rotatable bonds is 11. The molecule has 146 valence electrons. The fraction of sp³-hybridized carbons (Fsp3) is 0.409. The Morgan fingerprint density at radius 2 is 1.56 bits per heavy atom. The topological polar surface area (TPSA) is 65.0 Å². The quantitative estimate of drug-likeness (QED) is 0.653. The zero-order valence-corrected chi connectivity index (χ0v) is 16.2. The van der Waals surface area contributed by atoms with Crippen LogP contribution in [0.3, 0.4) is 0 Å². The molecule has 0 saturated carbocycles. The molecule has 1 unspecified atom stereocenters. The van der Waals surface area contributed by atoms with Gasteiger partial charge >= 0.3 is 0 Å². The number of ether oxygens (including phenoxy) is 3. The van der Waals surface area contributed by atoms with Crippen molar-refractivity contribution < 1.29 is 24.1 Å². The lowest BCUT2D eigenvalue weighted by Gasteiger charge is -2.11. The summed E-state index contributed by atoms with van der Waals surface area (Å²) in [7, 11) is 4.81. The van der Waals surface area contributed by atoms with E-state index < -0.39 is 6.10 Å². The van der Waals surface area contributed by atoms with Crippen molar-refractivity contribution in [2.24, 2.45) is 0 Å². The second-order valence-corrected chi connectivity index (χ2v) is 6.47. The van der Waals surface area contributed by atoms with Crippen LogP contribution in [0.5, 0.6) is 17.2 Å². The molecular formula is C22H28O5. The van der Waals surface area contributed by atoms with Gasteiger partial charge in [-0.15, -0.1) is 0 Å². The maximum atomic E-state index is 12.2. The number of Topliss-reactive ketones (excluding diaryl/α,β-unsaturated/α-hetero) is 1. The van der Waals surface area contributed by atoms with Crippen molar-refractivity contribution in [1.82, 2.24) is 0 Å². The first kappa shape index (κ1) is 20.8. The van der Waals surface area contributed by atoms with Gasteiger partial charge in [-0.2, -0.15) is 0 Å². The Hall–Kier alpha value is -2.53. The fourth-order valence-electron chi connectivity index (χ4n) is 2.91. The summed E-state index contributed by atoms with van der Waals surface area (Å²) < 4.78 is 15.6. The second-order valence-electron chi connectivity index (χ2n) is 6.47. The summed E-state index contributed by atoms with van der Waals surface area (Å²) in [6.07, 6.45) is 1.87. The van der Waals surface area contributed by atoms with Crippen molar-refractivity contribution in [3.05, 3.63) is 53.6 Å². The van der Waals surface area contributed by atoms with Gasteiger partial charge in [-0.3, -0.25) is 4.79 Å². The molecule has 0 radical (unpaired) electrons. The van der Waals surface area contributed by atoms with E-state index in [4.69, 9.17) is 14.2 Å². The highest BCUT2D eigenvalue weighted by Gasteiger charge is 2.12. The molecule has 0 heterocycles. The lowest BCUT2D eigenvalue weighted by atomic mass is 10.00. The van der Waals surface area contributed by atoms with Crippen LogP contribution in [0.15, 0.2) is 42.5 Å². The zero-order chi connectivity index (χ0) is 19.6. The zero-order valence-electron chi connectivity index (χ0n) is 16.2. The second kappa shape index (κ2) is 10.6. The van der Waals surface area contributed by atoms with E-state index in [-0.39, 0.29) is 12.2 Å². The van der Waals surface area contributed by atoms with E-state index in [1.807, 2.05) is 42.5 Å². The minimum absolute atomic E-state index is 0.0621. The maximum absolute atomic E-state index is 12.2. The Bertz CT molecular complexity index is 724. The van der Waals surface area contributed by atoms with Crippen LogP contribution in [0.1, 0.15) is 30.4 Å². The molecule has 2 aromatic carbocycles. The highest BCUT2D eigenvalue weighted by Crippen LogP contribution is 2.28.